The summed E-state index contributed by atoms with van der Waals surface area (Å²) in [6, 6.07) is 13.4. The van der Waals surface area contributed by atoms with Gasteiger partial charge in [-0.1, -0.05) is 17.7 Å². The van der Waals surface area contributed by atoms with Crippen molar-refractivity contribution in [3.8, 4) is 11.5 Å². The number of anilines is 1. The highest BCUT2D eigenvalue weighted by Gasteiger charge is 2.08. The Morgan fingerprint density at radius 2 is 1.71 bits per heavy atom. The van der Waals surface area contributed by atoms with Gasteiger partial charge in [0.25, 0.3) is 5.91 Å². The molecule has 0 aromatic heterocycles. The normalized spacial score (nSPS) is 11.1. The second-order valence-corrected chi connectivity index (χ2v) is 7.05. The molecule has 1 amide bonds. The number of nitrogens with zero attached hydrogens (tertiary/aromatic N) is 1. The number of aryl methyl sites for hydroxylation is 1. The summed E-state index contributed by atoms with van der Waals surface area (Å²) in [5.41, 5.74) is 5.34. The Morgan fingerprint density at radius 3 is 2.36 bits per heavy atom. The zero-order valence-electron chi connectivity index (χ0n) is 17.2. The Labute approximate surface area is 166 Å². The number of rotatable bonds is 9. The molecule has 0 saturated carbocycles. The summed E-state index contributed by atoms with van der Waals surface area (Å²) in [6.07, 6.45) is 1.65. The van der Waals surface area contributed by atoms with Crippen LogP contribution < -0.4 is 20.2 Å². The number of nitrogens with one attached hydrogen (secondary N) is 2. The molecule has 0 radical (unpaired) electrons. The highest BCUT2D eigenvalue weighted by Crippen LogP contribution is 2.25. The fourth-order valence-electron chi connectivity index (χ4n) is 2.39. The quantitative estimate of drug-likeness (QED) is 0.504. The monoisotopic (exact) mass is 383 g/mol. The SMILES string of the molecule is Cc1ccc(NCC(=O)N/N=C\c2ccc(OC(C)C)cc2OC(C)C)cc1. The van der Waals surface area contributed by atoms with Crippen molar-refractivity contribution in [2.24, 2.45) is 5.10 Å². The Morgan fingerprint density at radius 1 is 1.04 bits per heavy atom. The van der Waals surface area contributed by atoms with Crippen molar-refractivity contribution in [3.05, 3.63) is 53.6 Å². The third-order valence-electron chi connectivity index (χ3n) is 3.62. The molecule has 0 unspecified atom stereocenters. The summed E-state index contributed by atoms with van der Waals surface area (Å²) in [5.74, 6) is 1.15. The molecule has 0 heterocycles. The minimum atomic E-state index is -0.233. The molecular formula is C22H29N3O3. The van der Waals surface area contributed by atoms with Gasteiger partial charge in [0.2, 0.25) is 0 Å². The fraction of sp³-hybridized carbons (Fsp3) is 0.364. The van der Waals surface area contributed by atoms with E-state index in [1.807, 2.05) is 77.1 Å². The predicted octanol–water partition coefficient (Wildman–Crippen LogP) is 4.13. The van der Waals surface area contributed by atoms with E-state index in [2.05, 4.69) is 15.8 Å². The van der Waals surface area contributed by atoms with Crippen molar-refractivity contribution in [2.45, 2.75) is 46.8 Å². The zero-order valence-corrected chi connectivity index (χ0v) is 17.2. The van der Waals surface area contributed by atoms with Crippen LogP contribution in [0.2, 0.25) is 0 Å². The van der Waals surface area contributed by atoms with Gasteiger partial charge in [0.1, 0.15) is 11.5 Å². The lowest BCUT2D eigenvalue weighted by Gasteiger charge is -2.15. The van der Waals surface area contributed by atoms with E-state index in [9.17, 15) is 4.79 Å². The molecule has 6 nitrogen and oxygen atoms in total. The van der Waals surface area contributed by atoms with Gasteiger partial charge in [0, 0.05) is 17.3 Å². The van der Waals surface area contributed by atoms with Crippen molar-refractivity contribution >= 4 is 17.8 Å². The second kappa shape index (κ2) is 10.3. The predicted molar refractivity (Wildman–Crippen MR) is 113 cm³/mol. The number of carbonyl (C=O) groups excluding carboxylic acids is 1. The average molecular weight is 383 g/mol. The summed E-state index contributed by atoms with van der Waals surface area (Å²) in [5, 5.41) is 7.10. The lowest BCUT2D eigenvalue weighted by molar-refractivity contribution is -0.119. The topological polar surface area (TPSA) is 72.0 Å². The van der Waals surface area contributed by atoms with Crippen LogP contribution in [0.1, 0.15) is 38.8 Å². The van der Waals surface area contributed by atoms with Gasteiger partial charge in [-0.05, 0) is 58.9 Å². The first-order chi connectivity index (χ1) is 13.3. The van der Waals surface area contributed by atoms with Crippen molar-refractivity contribution in [2.75, 3.05) is 11.9 Å². The maximum atomic E-state index is 12.0. The lowest BCUT2D eigenvalue weighted by Crippen LogP contribution is -2.25. The molecule has 28 heavy (non-hydrogen) atoms. The Balaban J connectivity index is 1.95. The van der Waals surface area contributed by atoms with Crippen LogP contribution in [-0.2, 0) is 4.79 Å². The molecule has 0 spiro atoms. The summed E-state index contributed by atoms with van der Waals surface area (Å²) in [4.78, 5) is 12.0. The first-order valence-electron chi connectivity index (χ1n) is 9.43. The van der Waals surface area contributed by atoms with Crippen molar-refractivity contribution in [1.82, 2.24) is 5.43 Å². The number of ether oxygens (including phenoxy) is 2. The largest absolute Gasteiger partial charge is 0.491 e. The standard InChI is InChI=1S/C22H29N3O3/c1-15(2)27-20-11-8-18(21(12-20)28-16(3)4)13-24-25-22(26)14-23-19-9-6-17(5)7-10-19/h6-13,15-16,23H,14H2,1-5H3,(H,25,26)/b24-13-. The fourth-order valence-corrected chi connectivity index (χ4v) is 2.39. The second-order valence-electron chi connectivity index (χ2n) is 7.05. The van der Waals surface area contributed by atoms with Gasteiger partial charge in [-0.15, -0.1) is 0 Å². The first-order valence-corrected chi connectivity index (χ1v) is 9.43. The first kappa shape index (κ1) is 21.3. The minimum absolute atomic E-state index is 0.00903. The van der Waals surface area contributed by atoms with Gasteiger partial charge in [0.15, 0.2) is 0 Å². The molecule has 0 saturated heterocycles. The number of hydrogen-bond acceptors (Lipinski definition) is 5. The third-order valence-corrected chi connectivity index (χ3v) is 3.62. The molecule has 150 valence electrons. The molecule has 2 aromatic carbocycles. The summed E-state index contributed by atoms with van der Waals surface area (Å²) in [6.45, 7) is 10.0. The molecule has 6 heteroatoms. The number of hydrazone groups is 1. The zero-order chi connectivity index (χ0) is 20.5. The molecule has 0 aliphatic heterocycles. The molecule has 2 aromatic rings. The van der Waals surface area contributed by atoms with Gasteiger partial charge < -0.3 is 14.8 Å². The van der Waals surface area contributed by atoms with Crippen LogP contribution >= 0.6 is 0 Å². The molecule has 0 fully saturated rings. The van der Waals surface area contributed by atoms with Gasteiger partial charge in [0.05, 0.1) is 25.0 Å². The number of hydrogen-bond donors (Lipinski definition) is 2. The van der Waals surface area contributed by atoms with E-state index in [4.69, 9.17) is 9.47 Å². The van der Waals surface area contributed by atoms with Gasteiger partial charge in [-0.25, -0.2) is 5.43 Å². The van der Waals surface area contributed by atoms with Crippen LogP contribution in [0.4, 0.5) is 5.69 Å². The smallest absolute Gasteiger partial charge is 0.259 e. The molecule has 2 rings (SSSR count). The molecule has 0 bridgehead atoms. The van der Waals surface area contributed by atoms with Crippen LogP contribution in [0.3, 0.4) is 0 Å². The Kier molecular flexibility index (Phi) is 7.87. The molecular weight excluding hydrogens is 354 g/mol. The van der Waals surface area contributed by atoms with Crippen LogP contribution in [0, 0.1) is 6.92 Å². The van der Waals surface area contributed by atoms with Gasteiger partial charge in [-0.2, -0.15) is 5.10 Å². The Hall–Kier alpha value is -3.02. The maximum absolute atomic E-state index is 12.0. The van der Waals surface area contributed by atoms with Crippen LogP contribution in [-0.4, -0.2) is 30.9 Å². The number of benzene rings is 2. The van der Waals surface area contributed by atoms with Gasteiger partial charge in [-0.3, -0.25) is 4.79 Å². The van der Waals surface area contributed by atoms with E-state index in [0.29, 0.717) is 5.75 Å². The van der Waals surface area contributed by atoms with E-state index in [1.165, 1.54) is 5.56 Å². The molecule has 0 aliphatic carbocycles. The van der Waals surface area contributed by atoms with Crippen LogP contribution in [0.25, 0.3) is 0 Å². The van der Waals surface area contributed by atoms with Crippen molar-refractivity contribution in [3.63, 3.8) is 0 Å². The van der Waals surface area contributed by atoms with E-state index < -0.39 is 0 Å². The van der Waals surface area contributed by atoms with Crippen LogP contribution in [0.5, 0.6) is 11.5 Å². The lowest BCUT2D eigenvalue weighted by atomic mass is 10.2. The third kappa shape index (κ3) is 7.31. The minimum Gasteiger partial charge on any atom is -0.491 e. The van der Waals surface area contributed by atoms with E-state index >= 15 is 0 Å². The van der Waals surface area contributed by atoms with E-state index in [1.54, 1.807) is 6.21 Å². The average Bonchev–Trinajstić information content (AvgIpc) is 2.62. The van der Waals surface area contributed by atoms with Crippen LogP contribution in [0.15, 0.2) is 47.6 Å². The molecule has 0 atom stereocenters. The molecule has 0 aliphatic rings. The Bertz CT molecular complexity index is 799. The highest BCUT2D eigenvalue weighted by molar-refractivity contribution is 5.86. The number of amides is 1. The summed E-state index contributed by atoms with van der Waals surface area (Å²) in [7, 11) is 0. The maximum Gasteiger partial charge on any atom is 0.259 e. The van der Waals surface area contributed by atoms with E-state index in [0.717, 1.165) is 17.0 Å². The van der Waals surface area contributed by atoms with Crippen molar-refractivity contribution in [1.29, 1.82) is 0 Å². The molecule has 2 N–H and O–H groups in total. The van der Waals surface area contributed by atoms with E-state index in [-0.39, 0.29) is 24.7 Å². The highest BCUT2D eigenvalue weighted by atomic mass is 16.5. The summed E-state index contributed by atoms with van der Waals surface area (Å²) >= 11 is 0. The summed E-state index contributed by atoms with van der Waals surface area (Å²) < 4.78 is 11.6. The van der Waals surface area contributed by atoms with Crippen molar-refractivity contribution < 1.29 is 14.3 Å². The van der Waals surface area contributed by atoms with Gasteiger partial charge >= 0.3 is 0 Å². The number of carbonyl (C=O) groups is 1.